The second-order valence-corrected chi connectivity index (χ2v) is 9.00. The number of aromatic nitrogens is 4. The lowest BCUT2D eigenvalue weighted by atomic mass is 10.2. The number of carbonyl (C=O) groups is 1. The highest BCUT2D eigenvalue weighted by Crippen LogP contribution is 2.22. The van der Waals surface area contributed by atoms with Crippen LogP contribution in [0, 0.1) is 0 Å². The second-order valence-electron chi connectivity index (χ2n) is 8.56. The van der Waals surface area contributed by atoms with E-state index in [1.54, 1.807) is 23.0 Å². The minimum atomic E-state index is -0.583. The Morgan fingerprint density at radius 1 is 0.921 bits per heavy atom. The number of nitrogens with zero attached hydrogens (tertiary/aromatic N) is 4. The zero-order valence-electron chi connectivity index (χ0n) is 20.4. The molecular weight excluding hydrogens is 500 g/mol. The van der Waals surface area contributed by atoms with E-state index in [0.717, 1.165) is 22.6 Å². The third-order valence-electron chi connectivity index (χ3n) is 5.70. The van der Waals surface area contributed by atoms with E-state index in [2.05, 4.69) is 25.9 Å². The third-order valence-corrected chi connectivity index (χ3v) is 5.95. The molecule has 9 heteroatoms. The maximum Gasteiger partial charge on any atom is 0.254 e. The maximum atomic E-state index is 12.9. The second kappa shape index (κ2) is 12.1. The molecule has 0 aliphatic heterocycles. The van der Waals surface area contributed by atoms with Gasteiger partial charge in [0.25, 0.3) is 5.91 Å². The van der Waals surface area contributed by atoms with Crippen molar-refractivity contribution in [1.82, 2.24) is 30.6 Å². The molecule has 38 heavy (non-hydrogen) atoms. The van der Waals surface area contributed by atoms with Gasteiger partial charge in [-0.3, -0.25) is 15.1 Å². The largest absolute Gasteiger partial charge is 0.457 e. The number of rotatable bonds is 10. The smallest absolute Gasteiger partial charge is 0.254 e. The highest BCUT2D eigenvalue weighted by atomic mass is 35.5. The molecular formula is C29H25ClN6O2. The van der Waals surface area contributed by atoms with Crippen molar-refractivity contribution in [3.05, 3.63) is 137 Å². The summed E-state index contributed by atoms with van der Waals surface area (Å²) in [4.78, 5) is 16.9. The number of para-hydroxylation sites is 1. The third kappa shape index (κ3) is 6.82. The Morgan fingerprint density at radius 2 is 1.74 bits per heavy atom. The molecule has 0 saturated carbocycles. The average molecular weight is 525 g/mol. The summed E-state index contributed by atoms with van der Waals surface area (Å²) in [5, 5.41) is 15.7. The summed E-state index contributed by atoms with van der Waals surface area (Å²) in [5.74, 6) is 1.24. The molecule has 2 N–H and O–H groups in total. The molecule has 0 spiro atoms. The van der Waals surface area contributed by atoms with E-state index in [1.165, 1.54) is 6.20 Å². The summed E-state index contributed by atoms with van der Waals surface area (Å²) in [5.41, 5.74) is 3.04. The number of ether oxygens (including phenoxy) is 1. The molecule has 1 atom stereocenters. The minimum absolute atomic E-state index is 0.271. The van der Waals surface area contributed by atoms with Crippen LogP contribution >= 0.6 is 11.6 Å². The van der Waals surface area contributed by atoms with Gasteiger partial charge in [0.1, 0.15) is 23.4 Å². The van der Waals surface area contributed by atoms with E-state index in [-0.39, 0.29) is 5.91 Å². The first-order valence-corrected chi connectivity index (χ1v) is 12.4. The van der Waals surface area contributed by atoms with E-state index >= 15 is 0 Å². The van der Waals surface area contributed by atoms with Crippen molar-refractivity contribution in [1.29, 1.82) is 0 Å². The molecule has 0 fully saturated rings. The molecule has 5 rings (SSSR count). The van der Waals surface area contributed by atoms with E-state index < -0.39 is 6.17 Å². The number of hydrogen-bond acceptors (Lipinski definition) is 6. The zero-order chi connectivity index (χ0) is 26.2. The Hall–Kier alpha value is -4.53. The molecule has 2 heterocycles. The summed E-state index contributed by atoms with van der Waals surface area (Å²) >= 11 is 6.01. The lowest BCUT2D eigenvalue weighted by Crippen LogP contribution is -2.38. The van der Waals surface area contributed by atoms with Gasteiger partial charge in [-0.1, -0.05) is 59.3 Å². The predicted molar refractivity (Wildman–Crippen MR) is 145 cm³/mol. The normalized spacial score (nSPS) is 11.6. The van der Waals surface area contributed by atoms with Crippen LogP contribution in [0.15, 0.2) is 110 Å². The number of hydrogen-bond donors (Lipinski definition) is 2. The van der Waals surface area contributed by atoms with Crippen LogP contribution in [0.5, 0.6) is 11.5 Å². The first kappa shape index (κ1) is 25.1. The molecule has 1 amide bonds. The summed E-state index contributed by atoms with van der Waals surface area (Å²) in [6, 6.07) is 28.4. The Balaban J connectivity index is 1.30. The molecule has 190 valence electrons. The van der Waals surface area contributed by atoms with Gasteiger partial charge in [0, 0.05) is 24.0 Å². The highest BCUT2D eigenvalue weighted by Gasteiger charge is 2.19. The lowest BCUT2D eigenvalue weighted by molar-refractivity contribution is 0.0927. The van der Waals surface area contributed by atoms with Crippen LogP contribution in [-0.2, 0) is 13.1 Å². The van der Waals surface area contributed by atoms with Crippen LogP contribution < -0.4 is 15.4 Å². The monoisotopic (exact) mass is 524 g/mol. The van der Waals surface area contributed by atoms with Crippen molar-refractivity contribution in [3.63, 3.8) is 0 Å². The van der Waals surface area contributed by atoms with Crippen molar-refractivity contribution in [3.8, 4) is 11.5 Å². The zero-order valence-corrected chi connectivity index (χ0v) is 21.1. The van der Waals surface area contributed by atoms with Gasteiger partial charge in [-0.15, -0.1) is 5.10 Å². The molecule has 0 radical (unpaired) electrons. The van der Waals surface area contributed by atoms with Crippen LogP contribution in [0.2, 0.25) is 5.02 Å². The summed E-state index contributed by atoms with van der Waals surface area (Å²) in [6.45, 7) is 0.973. The minimum Gasteiger partial charge on any atom is -0.457 e. The van der Waals surface area contributed by atoms with E-state index in [9.17, 15) is 4.79 Å². The molecule has 3 aromatic carbocycles. The predicted octanol–water partition coefficient (Wildman–Crippen LogP) is 5.39. The molecule has 2 aromatic heterocycles. The van der Waals surface area contributed by atoms with Gasteiger partial charge in [0.15, 0.2) is 0 Å². The number of pyridine rings is 1. The van der Waals surface area contributed by atoms with E-state index in [0.29, 0.717) is 29.4 Å². The van der Waals surface area contributed by atoms with Gasteiger partial charge in [-0.25, -0.2) is 4.68 Å². The molecule has 1 unspecified atom stereocenters. The van der Waals surface area contributed by atoms with Crippen LogP contribution in [0.4, 0.5) is 0 Å². The fraction of sp³-hybridized carbons (Fsp3) is 0.103. The summed E-state index contributed by atoms with van der Waals surface area (Å²) < 4.78 is 7.68. The molecule has 0 saturated heterocycles. The SMILES string of the molecule is O=C(NC(NCc1ccc(Cl)cc1)c1cn(Cc2cccc(Oc3ccccc3)c2)nn1)c1cccnc1. The van der Waals surface area contributed by atoms with Crippen LogP contribution in [0.1, 0.15) is 33.3 Å². The number of nitrogens with one attached hydrogen (secondary N) is 2. The van der Waals surface area contributed by atoms with Crippen molar-refractivity contribution < 1.29 is 9.53 Å². The van der Waals surface area contributed by atoms with Crippen molar-refractivity contribution in [2.24, 2.45) is 0 Å². The Bertz CT molecular complexity index is 1480. The first-order valence-electron chi connectivity index (χ1n) is 12.0. The lowest BCUT2D eigenvalue weighted by Gasteiger charge is -2.18. The Labute approximate surface area is 225 Å². The maximum absolute atomic E-state index is 12.9. The number of carbonyl (C=O) groups excluding carboxylic acids is 1. The van der Waals surface area contributed by atoms with Gasteiger partial charge >= 0.3 is 0 Å². The van der Waals surface area contributed by atoms with Crippen LogP contribution in [0.3, 0.4) is 0 Å². The summed E-state index contributed by atoms with van der Waals surface area (Å²) in [6.07, 6.45) is 4.37. The Morgan fingerprint density at radius 3 is 2.53 bits per heavy atom. The van der Waals surface area contributed by atoms with Crippen molar-refractivity contribution in [2.45, 2.75) is 19.3 Å². The number of benzene rings is 3. The molecule has 0 aliphatic carbocycles. The Kier molecular flexibility index (Phi) is 8.03. The van der Waals surface area contributed by atoms with Gasteiger partial charge in [-0.05, 0) is 59.7 Å². The van der Waals surface area contributed by atoms with Gasteiger partial charge in [0.05, 0.1) is 18.3 Å². The molecule has 0 bridgehead atoms. The standard InChI is InChI=1S/C29H25ClN6O2/c30-24-13-11-21(12-14-24)17-32-28(33-29(37)23-7-5-15-31-18-23)27-20-36(35-34-27)19-22-6-4-10-26(16-22)38-25-8-2-1-3-9-25/h1-16,18,20,28,32H,17,19H2,(H,33,37). The topological polar surface area (TPSA) is 94.0 Å². The van der Waals surface area contributed by atoms with Crippen LogP contribution in [-0.4, -0.2) is 25.9 Å². The number of amides is 1. The van der Waals surface area contributed by atoms with Crippen LogP contribution in [0.25, 0.3) is 0 Å². The fourth-order valence-electron chi connectivity index (χ4n) is 3.81. The summed E-state index contributed by atoms with van der Waals surface area (Å²) in [7, 11) is 0. The van der Waals surface area contributed by atoms with E-state index in [4.69, 9.17) is 16.3 Å². The van der Waals surface area contributed by atoms with Crippen molar-refractivity contribution in [2.75, 3.05) is 0 Å². The fourth-order valence-corrected chi connectivity index (χ4v) is 3.93. The van der Waals surface area contributed by atoms with Gasteiger partial charge in [0.2, 0.25) is 0 Å². The van der Waals surface area contributed by atoms with Crippen molar-refractivity contribution >= 4 is 17.5 Å². The molecule has 8 nitrogen and oxygen atoms in total. The number of halogens is 1. The molecule has 5 aromatic rings. The average Bonchev–Trinajstić information content (AvgIpc) is 3.41. The highest BCUT2D eigenvalue weighted by molar-refractivity contribution is 6.30. The first-order chi connectivity index (χ1) is 18.6. The molecule has 0 aliphatic rings. The quantitative estimate of drug-likeness (QED) is 0.238. The van der Waals surface area contributed by atoms with Gasteiger partial charge < -0.3 is 10.1 Å². The van der Waals surface area contributed by atoms with E-state index in [1.807, 2.05) is 85.1 Å². The van der Waals surface area contributed by atoms with Gasteiger partial charge in [-0.2, -0.15) is 0 Å².